The maximum absolute atomic E-state index is 12.2. The molecule has 0 fully saturated rings. The van der Waals surface area contributed by atoms with E-state index in [1.807, 2.05) is 19.1 Å². The van der Waals surface area contributed by atoms with Gasteiger partial charge in [-0.15, -0.1) is 0 Å². The van der Waals surface area contributed by atoms with Crippen molar-refractivity contribution in [2.24, 2.45) is 0 Å². The lowest BCUT2D eigenvalue weighted by atomic mass is 10.2. The van der Waals surface area contributed by atoms with E-state index >= 15 is 0 Å². The maximum atomic E-state index is 12.2. The Hall–Kier alpha value is -1.94. The average molecular weight is 290 g/mol. The first-order valence-corrected chi connectivity index (χ1v) is 6.84. The van der Waals surface area contributed by atoms with Crippen molar-refractivity contribution in [3.63, 3.8) is 0 Å². The first-order chi connectivity index (χ1) is 9.61. The van der Waals surface area contributed by atoms with Gasteiger partial charge in [0.2, 0.25) is 0 Å². The Morgan fingerprint density at radius 3 is 2.60 bits per heavy atom. The molecule has 0 saturated carbocycles. The van der Waals surface area contributed by atoms with Crippen molar-refractivity contribution < 1.29 is 4.79 Å². The van der Waals surface area contributed by atoms with E-state index in [0.717, 1.165) is 12.0 Å². The largest absolute Gasteiger partial charge is 0.340 e. The van der Waals surface area contributed by atoms with Gasteiger partial charge in [-0.25, -0.2) is 9.97 Å². The van der Waals surface area contributed by atoms with Crippen LogP contribution in [0.2, 0.25) is 5.02 Å². The van der Waals surface area contributed by atoms with Crippen LogP contribution in [0.15, 0.2) is 36.5 Å². The Balaban J connectivity index is 2.28. The summed E-state index contributed by atoms with van der Waals surface area (Å²) in [7, 11) is 1.77. The summed E-state index contributed by atoms with van der Waals surface area (Å²) in [4.78, 5) is 22.4. The number of carbonyl (C=O) groups excluding carboxylic acids is 1. The highest BCUT2D eigenvalue weighted by Crippen LogP contribution is 2.18. The van der Waals surface area contributed by atoms with E-state index in [1.165, 1.54) is 0 Å². The monoisotopic (exact) mass is 289 g/mol. The fraction of sp³-hybridized carbons (Fsp3) is 0.267. The molecule has 2 rings (SSSR count). The van der Waals surface area contributed by atoms with Crippen molar-refractivity contribution in [2.45, 2.75) is 13.3 Å². The van der Waals surface area contributed by atoms with Crippen molar-refractivity contribution in [3.8, 4) is 11.4 Å². The molecule has 4 nitrogen and oxygen atoms in total. The fourth-order valence-corrected chi connectivity index (χ4v) is 1.97. The predicted octanol–water partition coefficient (Wildman–Crippen LogP) is 3.28. The summed E-state index contributed by atoms with van der Waals surface area (Å²) in [6, 6.07) is 8.85. The standard InChI is InChI=1S/C15H16ClN3O/c1-3-10-19(2)15(20)13-8-9-17-14(18-13)11-4-6-12(16)7-5-11/h4-9H,3,10H2,1-2H3. The Morgan fingerprint density at radius 2 is 1.95 bits per heavy atom. The first-order valence-electron chi connectivity index (χ1n) is 6.46. The molecule has 0 N–H and O–H groups in total. The molecule has 1 heterocycles. The molecule has 1 aromatic carbocycles. The molecule has 1 amide bonds. The molecule has 20 heavy (non-hydrogen) atoms. The number of benzene rings is 1. The first kappa shape index (κ1) is 14.5. The topological polar surface area (TPSA) is 46.1 Å². The molecule has 104 valence electrons. The van der Waals surface area contributed by atoms with Gasteiger partial charge in [-0.05, 0) is 36.8 Å². The lowest BCUT2D eigenvalue weighted by Gasteiger charge is -2.15. The normalized spacial score (nSPS) is 10.3. The van der Waals surface area contributed by atoms with E-state index in [0.29, 0.717) is 23.1 Å². The minimum Gasteiger partial charge on any atom is -0.340 e. The van der Waals surface area contributed by atoms with Crippen LogP contribution in [-0.2, 0) is 0 Å². The molecule has 0 atom stereocenters. The van der Waals surface area contributed by atoms with Crippen LogP contribution < -0.4 is 0 Å². The summed E-state index contributed by atoms with van der Waals surface area (Å²) in [6.45, 7) is 2.74. The summed E-state index contributed by atoms with van der Waals surface area (Å²) in [5.41, 5.74) is 1.24. The highest BCUT2D eigenvalue weighted by Gasteiger charge is 2.13. The molecule has 0 radical (unpaired) electrons. The number of amides is 1. The minimum atomic E-state index is -0.0931. The van der Waals surface area contributed by atoms with Gasteiger partial charge in [-0.1, -0.05) is 18.5 Å². The van der Waals surface area contributed by atoms with Crippen molar-refractivity contribution in [1.29, 1.82) is 0 Å². The third kappa shape index (κ3) is 3.33. The molecule has 1 aromatic heterocycles. The van der Waals surface area contributed by atoms with Crippen LogP contribution in [0.4, 0.5) is 0 Å². The van der Waals surface area contributed by atoms with Crippen LogP contribution in [0.1, 0.15) is 23.8 Å². The smallest absolute Gasteiger partial charge is 0.272 e. The van der Waals surface area contributed by atoms with Gasteiger partial charge in [-0.2, -0.15) is 0 Å². The van der Waals surface area contributed by atoms with Crippen molar-refractivity contribution in [3.05, 3.63) is 47.2 Å². The van der Waals surface area contributed by atoms with Gasteiger partial charge < -0.3 is 4.90 Å². The zero-order valence-corrected chi connectivity index (χ0v) is 12.3. The van der Waals surface area contributed by atoms with E-state index in [9.17, 15) is 4.79 Å². The third-order valence-electron chi connectivity index (χ3n) is 2.88. The van der Waals surface area contributed by atoms with Crippen molar-refractivity contribution in [2.75, 3.05) is 13.6 Å². The number of halogens is 1. The number of carbonyl (C=O) groups is 1. The Kier molecular flexibility index (Phi) is 4.69. The molecule has 0 aliphatic rings. The molecular formula is C15H16ClN3O. The van der Waals surface area contributed by atoms with E-state index in [4.69, 9.17) is 11.6 Å². The highest BCUT2D eigenvalue weighted by molar-refractivity contribution is 6.30. The summed E-state index contributed by atoms with van der Waals surface area (Å²) >= 11 is 5.86. The van der Waals surface area contributed by atoms with Crippen molar-refractivity contribution >= 4 is 17.5 Å². The van der Waals surface area contributed by atoms with Gasteiger partial charge in [-0.3, -0.25) is 4.79 Å². The van der Waals surface area contributed by atoms with Gasteiger partial charge in [0.25, 0.3) is 5.91 Å². The Morgan fingerprint density at radius 1 is 1.25 bits per heavy atom. The zero-order valence-electron chi connectivity index (χ0n) is 11.5. The highest BCUT2D eigenvalue weighted by atomic mass is 35.5. The lowest BCUT2D eigenvalue weighted by Crippen LogP contribution is -2.28. The van der Waals surface area contributed by atoms with Gasteiger partial charge in [0.15, 0.2) is 5.82 Å². The molecule has 5 heteroatoms. The van der Waals surface area contributed by atoms with Crippen LogP contribution in [0.3, 0.4) is 0 Å². The number of aromatic nitrogens is 2. The van der Waals surface area contributed by atoms with Gasteiger partial charge in [0, 0.05) is 30.4 Å². The van der Waals surface area contributed by atoms with Gasteiger partial charge in [0.1, 0.15) is 5.69 Å². The molecule has 2 aromatic rings. The van der Waals surface area contributed by atoms with Crippen LogP contribution in [0.5, 0.6) is 0 Å². The Labute approximate surface area is 123 Å². The SMILES string of the molecule is CCCN(C)C(=O)c1ccnc(-c2ccc(Cl)cc2)n1. The number of hydrogen-bond donors (Lipinski definition) is 0. The molecule has 0 spiro atoms. The zero-order chi connectivity index (χ0) is 14.5. The summed E-state index contributed by atoms with van der Waals surface area (Å²) < 4.78 is 0. The third-order valence-corrected chi connectivity index (χ3v) is 3.13. The molecule has 0 bridgehead atoms. The fourth-order valence-electron chi connectivity index (χ4n) is 1.85. The van der Waals surface area contributed by atoms with E-state index in [1.54, 1.807) is 36.3 Å². The quantitative estimate of drug-likeness (QED) is 0.868. The second kappa shape index (κ2) is 6.48. The molecule has 0 unspecified atom stereocenters. The molecule has 0 aliphatic heterocycles. The Bertz CT molecular complexity index is 598. The predicted molar refractivity (Wildman–Crippen MR) is 79.7 cm³/mol. The van der Waals surface area contributed by atoms with Crippen molar-refractivity contribution in [1.82, 2.24) is 14.9 Å². The number of rotatable bonds is 4. The lowest BCUT2D eigenvalue weighted by molar-refractivity contribution is 0.0789. The van der Waals surface area contributed by atoms with Crippen LogP contribution >= 0.6 is 11.6 Å². The number of nitrogens with zero attached hydrogens (tertiary/aromatic N) is 3. The summed E-state index contributed by atoms with van der Waals surface area (Å²) in [5.74, 6) is 0.432. The molecule has 0 saturated heterocycles. The van der Waals surface area contributed by atoms with Crippen LogP contribution in [0, 0.1) is 0 Å². The van der Waals surface area contributed by atoms with E-state index < -0.39 is 0 Å². The minimum absolute atomic E-state index is 0.0931. The molecule has 0 aliphatic carbocycles. The second-order valence-electron chi connectivity index (χ2n) is 4.50. The van der Waals surface area contributed by atoms with Crippen LogP contribution in [0.25, 0.3) is 11.4 Å². The van der Waals surface area contributed by atoms with Gasteiger partial charge in [0.05, 0.1) is 0 Å². The molecular weight excluding hydrogens is 274 g/mol. The van der Waals surface area contributed by atoms with Crippen LogP contribution in [-0.4, -0.2) is 34.4 Å². The van der Waals surface area contributed by atoms with E-state index in [2.05, 4.69) is 9.97 Å². The average Bonchev–Trinajstić information content (AvgIpc) is 2.47. The van der Waals surface area contributed by atoms with E-state index in [-0.39, 0.29) is 5.91 Å². The maximum Gasteiger partial charge on any atom is 0.272 e. The summed E-state index contributed by atoms with van der Waals surface area (Å²) in [6.07, 6.45) is 2.52. The summed E-state index contributed by atoms with van der Waals surface area (Å²) in [5, 5.41) is 0.656. The second-order valence-corrected chi connectivity index (χ2v) is 4.94. The van der Waals surface area contributed by atoms with Gasteiger partial charge >= 0.3 is 0 Å². The number of hydrogen-bond acceptors (Lipinski definition) is 3.